The molecule has 2 saturated carbocycles. The van der Waals surface area contributed by atoms with Crippen LogP contribution in [-0.4, -0.2) is 12.6 Å². The van der Waals surface area contributed by atoms with Crippen molar-refractivity contribution in [2.45, 2.75) is 57.5 Å². The molecule has 4 rings (SSSR count). The SMILES string of the molecule is Cc1cccc2c1OCCCC2NC(C1CC1)C1CC1. The third-order valence-corrected chi connectivity index (χ3v) is 5.15. The first kappa shape index (κ1) is 12.7. The quantitative estimate of drug-likeness (QED) is 0.894. The van der Waals surface area contributed by atoms with Gasteiger partial charge in [-0.2, -0.15) is 0 Å². The Morgan fingerprint density at radius 3 is 2.55 bits per heavy atom. The summed E-state index contributed by atoms with van der Waals surface area (Å²) in [6.45, 7) is 3.04. The Balaban J connectivity index is 1.59. The number of benzene rings is 1. The molecule has 108 valence electrons. The summed E-state index contributed by atoms with van der Waals surface area (Å²) < 4.78 is 6.00. The number of rotatable bonds is 4. The van der Waals surface area contributed by atoms with E-state index in [1.54, 1.807) is 0 Å². The zero-order valence-corrected chi connectivity index (χ0v) is 12.4. The van der Waals surface area contributed by atoms with Crippen molar-refractivity contribution in [3.8, 4) is 5.75 Å². The minimum absolute atomic E-state index is 0.499. The fourth-order valence-corrected chi connectivity index (χ4v) is 3.74. The van der Waals surface area contributed by atoms with Gasteiger partial charge in [0, 0.05) is 17.6 Å². The van der Waals surface area contributed by atoms with Crippen LogP contribution in [-0.2, 0) is 0 Å². The molecule has 1 aromatic carbocycles. The van der Waals surface area contributed by atoms with Gasteiger partial charge in [-0.1, -0.05) is 18.2 Å². The number of ether oxygens (including phenoxy) is 1. The lowest BCUT2D eigenvalue weighted by atomic mass is 9.97. The second-order valence-electron chi connectivity index (χ2n) is 6.90. The van der Waals surface area contributed by atoms with E-state index in [1.165, 1.54) is 43.2 Å². The number of nitrogens with one attached hydrogen (secondary N) is 1. The third kappa shape index (κ3) is 2.46. The van der Waals surface area contributed by atoms with E-state index in [1.807, 2.05) is 0 Å². The highest BCUT2D eigenvalue weighted by Crippen LogP contribution is 2.46. The van der Waals surface area contributed by atoms with E-state index in [9.17, 15) is 0 Å². The minimum Gasteiger partial charge on any atom is -0.493 e. The van der Waals surface area contributed by atoms with Crippen molar-refractivity contribution in [1.29, 1.82) is 0 Å². The number of fused-ring (bicyclic) bond motifs is 1. The van der Waals surface area contributed by atoms with Gasteiger partial charge in [-0.25, -0.2) is 0 Å². The molecule has 0 saturated heterocycles. The summed E-state index contributed by atoms with van der Waals surface area (Å²) in [6.07, 6.45) is 8.15. The van der Waals surface area contributed by atoms with Crippen molar-refractivity contribution in [1.82, 2.24) is 5.32 Å². The Bertz CT molecular complexity index is 478. The monoisotopic (exact) mass is 271 g/mol. The molecule has 0 radical (unpaired) electrons. The van der Waals surface area contributed by atoms with Gasteiger partial charge in [0.2, 0.25) is 0 Å². The van der Waals surface area contributed by atoms with Crippen LogP contribution in [0.15, 0.2) is 18.2 Å². The highest BCUT2D eigenvalue weighted by Gasteiger charge is 2.42. The Morgan fingerprint density at radius 2 is 1.85 bits per heavy atom. The van der Waals surface area contributed by atoms with E-state index in [0.717, 1.165) is 36.7 Å². The summed E-state index contributed by atoms with van der Waals surface area (Å²) in [7, 11) is 0. The lowest BCUT2D eigenvalue weighted by Gasteiger charge is -2.26. The van der Waals surface area contributed by atoms with E-state index in [2.05, 4.69) is 30.4 Å². The maximum absolute atomic E-state index is 6.00. The van der Waals surface area contributed by atoms with Gasteiger partial charge >= 0.3 is 0 Å². The van der Waals surface area contributed by atoms with Crippen molar-refractivity contribution in [2.75, 3.05) is 6.61 Å². The summed E-state index contributed by atoms with van der Waals surface area (Å²) in [5.74, 6) is 3.06. The molecule has 0 aromatic heterocycles. The first-order chi connectivity index (χ1) is 9.83. The zero-order chi connectivity index (χ0) is 13.5. The molecule has 0 amide bonds. The predicted octanol–water partition coefficient (Wildman–Crippen LogP) is 3.99. The third-order valence-electron chi connectivity index (χ3n) is 5.15. The highest BCUT2D eigenvalue weighted by molar-refractivity contribution is 5.43. The second kappa shape index (κ2) is 5.07. The van der Waals surface area contributed by atoms with E-state index in [0.29, 0.717) is 6.04 Å². The minimum atomic E-state index is 0.499. The molecule has 1 aromatic rings. The fraction of sp³-hybridized carbons (Fsp3) is 0.667. The molecular weight excluding hydrogens is 246 g/mol. The fourth-order valence-electron chi connectivity index (χ4n) is 3.74. The summed E-state index contributed by atoms with van der Waals surface area (Å²) in [5, 5.41) is 4.02. The van der Waals surface area contributed by atoms with Crippen LogP contribution < -0.4 is 10.1 Å². The molecule has 1 aliphatic heterocycles. The molecule has 2 aliphatic carbocycles. The second-order valence-corrected chi connectivity index (χ2v) is 6.90. The molecule has 1 heterocycles. The lowest BCUT2D eigenvalue weighted by Crippen LogP contribution is -2.36. The molecule has 0 spiro atoms. The maximum atomic E-state index is 6.00. The number of hydrogen-bond acceptors (Lipinski definition) is 2. The van der Waals surface area contributed by atoms with Crippen LogP contribution in [0.2, 0.25) is 0 Å². The summed E-state index contributed by atoms with van der Waals surface area (Å²) >= 11 is 0. The molecule has 2 heteroatoms. The van der Waals surface area contributed by atoms with E-state index >= 15 is 0 Å². The highest BCUT2D eigenvalue weighted by atomic mass is 16.5. The molecule has 3 aliphatic rings. The van der Waals surface area contributed by atoms with Gasteiger partial charge in [0.05, 0.1) is 6.61 Å². The Morgan fingerprint density at radius 1 is 1.10 bits per heavy atom. The van der Waals surface area contributed by atoms with Gasteiger partial charge in [0.25, 0.3) is 0 Å². The first-order valence-corrected chi connectivity index (χ1v) is 8.31. The summed E-state index contributed by atoms with van der Waals surface area (Å²) in [6, 6.07) is 7.88. The van der Waals surface area contributed by atoms with E-state index in [-0.39, 0.29) is 0 Å². The van der Waals surface area contributed by atoms with Crippen LogP contribution in [0, 0.1) is 18.8 Å². The maximum Gasteiger partial charge on any atom is 0.126 e. The standard InChI is InChI=1S/C18H25NO/c1-12-4-2-5-15-16(6-3-11-20-18(12)15)19-17(13-7-8-13)14-9-10-14/h2,4-5,13-14,16-17,19H,3,6-11H2,1H3. The molecule has 1 unspecified atom stereocenters. The molecule has 2 fully saturated rings. The van der Waals surface area contributed by atoms with Gasteiger partial charge in [-0.05, 0) is 62.8 Å². The van der Waals surface area contributed by atoms with Crippen molar-refractivity contribution >= 4 is 0 Å². The Hall–Kier alpha value is -1.02. The Kier molecular flexibility index (Phi) is 3.22. The largest absolute Gasteiger partial charge is 0.493 e. The van der Waals surface area contributed by atoms with Crippen molar-refractivity contribution < 1.29 is 4.74 Å². The summed E-state index contributed by atoms with van der Waals surface area (Å²) in [5.41, 5.74) is 2.68. The van der Waals surface area contributed by atoms with Crippen LogP contribution in [0.1, 0.15) is 55.7 Å². The van der Waals surface area contributed by atoms with Crippen molar-refractivity contribution in [3.63, 3.8) is 0 Å². The van der Waals surface area contributed by atoms with Crippen LogP contribution in [0.3, 0.4) is 0 Å². The average molecular weight is 271 g/mol. The van der Waals surface area contributed by atoms with Crippen LogP contribution >= 0.6 is 0 Å². The molecule has 1 atom stereocenters. The van der Waals surface area contributed by atoms with Gasteiger partial charge < -0.3 is 10.1 Å². The van der Waals surface area contributed by atoms with Crippen molar-refractivity contribution in [3.05, 3.63) is 29.3 Å². The van der Waals surface area contributed by atoms with Gasteiger partial charge in [0.1, 0.15) is 5.75 Å². The molecule has 1 N–H and O–H groups in total. The molecule has 2 nitrogen and oxygen atoms in total. The first-order valence-electron chi connectivity index (χ1n) is 8.31. The summed E-state index contributed by atoms with van der Waals surface area (Å²) in [4.78, 5) is 0. The molecule has 0 bridgehead atoms. The Labute approximate surface area is 121 Å². The normalized spacial score (nSPS) is 26.0. The lowest BCUT2D eigenvalue weighted by molar-refractivity contribution is 0.310. The zero-order valence-electron chi connectivity index (χ0n) is 12.4. The van der Waals surface area contributed by atoms with Crippen LogP contribution in [0.5, 0.6) is 5.75 Å². The van der Waals surface area contributed by atoms with Gasteiger partial charge in [-0.3, -0.25) is 0 Å². The van der Waals surface area contributed by atoms with Gasteiger partial charge in [-0.15, -0.1) is 0 Å². The predicted molar refractivity (Wildman–Crippen MR) is 81.0 cm³/mol. The number of aryl methyl sites for hydroxylation is 1. The number of para-hydroxylation sites is 1. The van der Waals surface area contributed by atoms with Crippen LogP contribution in [0.4, 0.5) is 0 Å². The molecule has 20 heavy (non-hydrogen) atoms. The average Bonchev–Trinajstić information content (AvgIpc) is 3.29. The van der Waals surface area contributed by atoms with Gasteiger partial charge in [0.15, 0.2) is 0 Å². The van der Waals surface area contributed by atoms with E-state index < -0.39 is 0 Å². The smallest absolute Gasteiger partial charge is 0.126 e. The molecular formula is C18H25NO. The topological polar surface area (TPSA) is 21.3 Å². The number of hydrogen-bond donors (Lipinski definition) is 1. The van der Waals surface area contributed by atoms with Crippen LogP contribution in [0.25, 0.3) is 0 Å². The van der Waals surface area contributed by atoms with E-state index in [4.69, 9.17) is 4.74 Å². The van der Waals surface area contributed by atoms with Crippen molar-refractivity contribution in [2.24, 2.45) is 11.8 Å².